The number of amides is 1. The Kier molecular flexibility index (Phi) is 5.83. The standard InChI is InChI=1S/C23H22N2O3S2/c1-25-22-19-11-6-5-10-18(19)13-14-20(22)29-23(25)24-21(26)12-7-15-30(27,28)16-17-8-3-2-4-9-17/h2-6,8-11,13-14H,7,12,15-16H2,1H3. The van der Waals surface area contributed by atoms with E-state index in [4.69, 9.17) is 0 Å². The molecule has 0 aliphatic heterocycles. The summed E-state index contributed by atoms with van der Waals surface area (Å²) in [5, 5.41) is 2.26. The third kappa shape index (κ3) is 4.52. The van der Waals surface area contributed by atoms with E-state index in [9.17, 15) is 13.2 Å². The zero-order valence-electron chi connectivity index (χ0n) is 16.6. The molecule has 0 N–H and O–H groups in total. The topological polar surface area (TPSA) is 68.5 Å². The molecule has 0 spiro atoms. The van der Waals surface area contributed by atoms with Gasteiger partial charge < -0.3 is 4.57 Å². The van der Waals surface area contributed by atoms with Gasteiger partial charge in [0, 0.05) is 18.9 Å². The first-order valence-corrected chi connectivity index (χ1v) is 12.4. The van der Waals surface area contributed by atoms with Crippen LogP contribution in [-0.4, -0.2) is 24.6 Å². The van der Waals surface area contributed by atoms with E-state index in [1.165, 1.54) is 11.3 Å². The molecule has 0 unspecified atom stereocenters. The van der Waals surface area contributed by atoms with Crippen molar-refractivity contribution in [1.82, 2.24) is 4.57 Å². The van der Waals surface area contributed by atoms with Crippen LogP contribution < -0.4 is 4.80 Å². The first-order valence-electron chi connectivity index (χ1n) is 9.72. The Balaban J connectivity index is 1.47. The predicted molar refractivity (Wildman–Crippen MR) is 122 cm³/mol. The number of carbonyl (C=O) groups excluding carboxylic acids is 1. The molecule has 0 bridgehead atoms. The number of hydrogen-bond donors (Lipinski definition) is 0. The van der Waals surface area contributed by atoms with E-state index in [2.05, 4.69) is 23.2 Å². The fraction of sp³-hybridized carbons (Fsp3) is 0.217. The van der Waals surface area contributed by atoms with Gasteiger partial charge in [-0.05, 0) is 23.4 Å². The van der Waals surface area contributed by atoms with Gasteiger partial charge in [0.2, 0.25) is 5.91 Å². The van der Waals surface area contributed by atoms with E-state index in [1.807, 2.05) is 48.0 Å². The number of fused-ring (bicyclic) bond motifs is 3. The van der Waals surface area contributed by atoms with Gasteiger partial charge in [-0.15, -0.1) is 0 Å². The number of benzene rings is 3. The summed E-state index contributed by atoms with van der Waals surface area (Å²) in [6, 6.07) is 21.3. The molecule has 154 valence electrons. The van der Waals surface area contributed by atoms with Crippen molar-refractivity contribution in [2.75, 3.05) is 5.75 Å². The van der Waals surface area contributed by atoms with Gasteiger partial charge in [-0.1, -0.05) is 72.0 Å². The summed E-state index contributed by atoms with van der Waals surface area (Å²) in [4.78, 5) is 17.3. The molecule has 0 saturated heterocycles. The van der Waals surface area contributed by atoms with Crippen LogP contribution >= 0.6 is 11.3 Å². The molecule has 0 atom stereocenters. The fourth-order valence-electron chi connectivity index (χ4n) is 3.53. The summed E-state index contributed by atoms with van der Waals surface area (Å²) < 4.78 is 27.6. The lowest BCUT2D eigenvalue weighted by Crippen LogP contribution is -2.14. The lowest BCUT2D eigenvalue weighted by atomic mass is 10.1. The molecule has 0 aliphatic rings. The molecule has 4 rings (SSSR count). The summed E-state index contributed by atoms with van der Waals surface area (Å²) in [7, 11) is -1.35. The second-order valence-corrected chi connectivity index (χ2v) is 10.5. The van der Waals surface area contributed by atoms with Gasteiger partial charge in [0.1, 0.15) is 0 Å². The van der Waals surface area contributed by atoms with Crippen LogP contribution in [0.2, 0.25) is 0 Å². The lowest BCUT2D eigenvalue weighted by Gasteiger charge is -2.03. The average Bonchev–Trinajstić information content (AvgIpc) is 3.04. The summed E-state index contributed by atoms with van der Waals surface area (Å²) >= 11 is 1.47. The molecule has 5 nitrogen and oxygen atoms in total. The lowest BCUT2D eigenvalue weighted by molar-refractivity contribution is -0.118. The van der Waals surface area contributed by atoms with Crippen LogP contribution in [0.1, 0.15) is 18.4 Å². The number of sulfone groups is 1. The van der Waals surface area contributed by atoms with Crippen LogP contribution in [0.15, 0.2) is 71.7 Å². The van der Waals surface area contributed by atoms with Gasteiger partial charge in [-0.25, -0.2) is 8.42 Å². The third-order valence-electron chi connectivity index (χ3n) is 4.98. The van der Waals surface area contributed by atoms with Crippen molar-refractivity contribution in [3.63, 3.8) is 0 Å². The summed E-state index contributed by atoms with van der Waals surface area (Å²) in [5.41, 5.74) is 1.81. The third-order valence-corrected chi connectivity index (χ3v) is 7.76. The maximum absolute atomic E-state index is 12.4. The smallest absolute Gasteiger partial charge is 0.248 e. The maximum atomic E-state index is 12.4. The Morgan fingerprint density at radius 1 is 1.00 bits per heavy atom. The number of rotatable bonds is 6. The monoisotopic (exact) mass is 438 g/mol. The molecule has 7 heteroatoms. The van der Waals surface area contributed by atoms with Crippen molar-refractivity contribution in [2.45, 2.75) is 18.6 Å². The summed E-state index contributed by atoms with van der Waals surface area (Å²) in [6.45, 7) is 0. The van der Waals surface area contributed by atoms with Crippen LogP contribution in [0.3, 0.4) is 0 Å². The normalized spacial score (nSPS) is 12.6. The number of nitrogens with zero attached hydrogens (tertiary/aromatic N) is 2. The van der Waals surface area contributed by atoms with Crippen LogP contribution in [0.4, 0.5) is 0 Å². The first kappa shape index (κ1) is 20.5. The minimum absolute atomic E-state index is 0.00246. The van der Waals surface area contributed by atoms with Gasteiger partial charge in [-0.3, -0.25) is 4.79 Å². The van der Waals surface area contributed by atoms with Gasteiger partial charge in [0.25, 0.3) is 0 Å². The van der Waals surface area contributed by atoms with Crippen molar-refractivity contribution in [2.24, 2.45) is 12.0 Å². The van der Waals surface area contributed by atoms with Gasteiger partial charge >= 0.3 is 0 Å². The number of aryl methyl sites for hydroxylation is 1. The molecule has 30 heavy (non-hydrogen) atoms. The Morgan fingerprint density at radius 2 is 1.73 bits per heavy atom. The van der Waals surface area contributed by atoms with Crippen LogP contribution in [0.5, 0.6) is 0 Å². The van der Waals surface area contributed by atoms with Crippen LogP contribution in [0, 0.1) is 0 Å². The Morgan fingerprint density at radius 3 is 2.53 bits per heavy atom. The second-order valence-electron chi connectivity index (χ2n) is 7.26. The highest BCUT2D eigenvalue weighted by Gasteiger charge is 2.13. The molecule has 0 fully saturated rings. The van der Waals surface area contributed by atoms with Crippen molar-refractivity contribution < 1.29 is 13.2 Å². The number of thiazole rings is 1. The van der Waals surface area contributed by atoms with Crippen molar-refractivity contribution in [1.29, 1.82) is 0 Å². The molecule has 1 aromatic heterocycles. The largest absolute Gasteiger partial charge is 0.319 e. The van der Waals surface area contributed by atoms with Crippen molar-refractivity contribution in [3.05, 3.63) is 77.1 Å². The molecule has 1 amide bonds. The quantitative estimate of drug-likeness (QED) is 0.453. The Labute approximate surface area is 179 Å². The second kappa shape index (κ2) is 8.53. The SMILES string of the molecule is Cn1c(=NC(=O)CCCS(=O)(=O)Cc2ccccc2)sc2ccc3ccccc3c21. The van der Waals surface area contributed by atoms with Gasteiger partial charge in [-0.2, -0.15) is 4.99 Å². The van der Waals surface area contributed by atoms with E-state index in [0.29, 0.717) is 4.80 Å². The predicted octanol–water partition coefficient (Wildman–Crippen LogP) is 4.22. The highest BCUT2D eigenvalue weighted by atomic mass is 32.2. The summed E-state index contributed by atoms with van der Waals surface area (Å²) in [6.07, 6.45) is 0.387. The molecule has 4 aromatic rings. The van der Waals surface area contributed by atoms with Crippen molar-refractivity contribution in [3.8, 4) is 0 Å². The zero-order chi connectivity index (χ0) is 21.1. The fourth-order valence-corrected chi connectivity index (χ4v) is 6.01. The minimum Gasteiger partial charge on any atom is -0.319 e. The maximum Gasteiger partial charge on any atom is 0.248 e. The molecular formula is C23H22N2O3S2. The van der Waals surface area contributed by atoms with Crippen molar-refractivity contribution >= 4 is 48.1 Å². The molecule has 3 aromatic carbocycles. The first-order chi connectivity index (χ1) is 14.4. The highest BCUT2D eigenvalue weighted by molar-refractivity contribution is 7.90. The molecule has 0 radical (unpaired) electrons. The molecule has 0 aliphatic carbocycles. The van der Waals surface area contributed by atoms with E-state index < -0.39 is 9.84 Å². The Hall–Kier alpha value is -2.77. The van der Waals surface area contributed by atoms with E-state index >= 15 is 0 Å². The number of hydrogen-bond acceptors (Lipinski definition) is 4. The zero-order valence-corrected chi connectivity index (χ0v) is 18.2. The molecular weight excluding hydrogens is 416 g/mol. The minimum atomic E-state index is -3.25. The molecule has 1 heterocycles. The van der Waals surface area contributed by atoms with E-state index in [-0.39, 0.29) is 30.3 Å². The van der Waals surface area contributed by atoms with Gasteiger partial charge in [0.15, 0.2) is 14.6 Å². The highest BCUT2D eigenvalue weighted by Crippen LogP contribution is 2.26. The van der Waals surface area contributed by atoms with E-state index in [1.54, 1.807) is 12.1 Å². The number of aromatic nitrogens is 1. The summed E-state index contributed by atoms with van der Waals surface area (Å²) in [5.74, 6) is -0.319. The molecule has 0 saturated carbocycles. The van der Waals surface area contributed by atoms with E-state index in [0.717, 1.165) is 26.6 Å². The number of carbonyl (C=O) groups is 1. The van der Waals surface area contributed by atoms with Crippen LogP contribution in [-0.2, 0) is 27.4 Å². The van der Waals surface area contributed by atoms with Crippen LogP contribution in [0.25, 0.3) is 21.0 Å². The van der Waals surface area contributed by atoms with Gasteiger partial charge in [0.05, 0.1) is 21.7 Å². The Bertz CT molecular complexity index is 1380. The average molecular weight is 439 g/mol.